The van der Waals surface area contributed by atoms with Gasteiger partial charge in [0.15, 0.2) is 5.75 Å². The van der Waals surface area contributed by atoms with E-state index in [0.717, 1.165) is 6.42 Å². The number of benzene rings is 1. The van der Waals surface area contributed by atoms with Crippen molar-refractivity contribution in [2.24, 2.45) is 0 Å². The zero-order chi connectivity index (χ0) is 15.2. The summed E-state index contributed by atoms with van der Waals surface area (Å²) in [5, 5.41) is 15.6. The van der Waals surface area contributed by atoms with Crippen LogP contribution in [0, 0.1) is 10.1 Å². The molecule has 21 heavy (non-hydrogen) atoms. The fourth-order valence-corrected chi connectivity index (χ4v) is 2.54. The van der Waals surface area contributed by atoms with Crippen molar-refractivity contribution >= 4 is 22.9 Å². The number of hydrogen-bond acceptors (Lipinski definition) is 5. The smallest absolute Gasteiger partial charge is 0.311 e. The molecule has 0 atom stereocenters. The number of nitro groups is 1. The first kappa shape index (κ1) is 15.0. The lowest BCUT2D eigenvalue weighted by atomic mass is 10.1. The number of carbonyl (C=O) groups excluding carboxylic acids is 1. The molecule has 0 saturated carbocycles. The van der Waals surface area contributed by atoms with E-state index in [1.807, 2.05) is 17.5 Å². The van der Waals surface area contributed by atoms with Gasteiger partial charge < -0.3 is 10.1 Å². The number of hydrogen-bond donors (Lipinski definition) is 1. The van der Waals surface area contributed by atoms with Crippen molar-refractivity contribution in [3.05, 3.63) is 56.3 Å². The van der Waals surface area contributed by atoms with Crippen molar-refractivity contribution in [3.8, 4) is 5.75 Å². The Labute approximate surface area is 125 Å². The second kappa shape index (κ2) is 6.85. The van der Waals surface area contributed by atoms with E-state index in [9.17, 15) is 14.9 Å². The number of thiophene rings is 1. The third-order valence-electron chi connectivity index (χ3n) is 2.87. The van der Waals surface area contributed by atoms with Gasteiger partial charge in [0.2, 0.25) is 0 Å². The fraction of sp³-hybridized carbons (Fsp3) is 0.214. The number of amides is 1. The number of ether oxygens (including phenoxy) is 1. The highest BCUT2D eigenvalue weighted by molar-refractivity contribution is 7.09. The van der Waals surface area contributed by atoms with E-state index in [-0.39, 0.29) is 22.9 Å². The van der Waals surface area contributed by atoms with Crippen LogP contribution in [0.5, 0.6) is 5.75 Å². The number of nitro benzene ring substituents is 1. The summed E-state index contributed by atoms with van der Waals surface area (Å²) >= 11 is 1.62. The minimum Gasteiger partial charge on any atom is -0.490 e. The number of nitrogens with one attached hydrogen (secondary N) is 1. The van der Waals surface area contributed by atoms with Crippen molar-refractivity contribution in [1.82, 2.24) is 5.32 Å². The molecule has 0 fully saturated rings. The van der Waals surface area contributed by atoms with Gasteiger partial charge in [-0.3, -0.25) is 14.9 Å². The molecule has 1 N–H and O–H groups in total. The van der Waals surface area contributed by atoms with Crippen molar-refractivity contribution < 1.29 is 14.5 Å². The van der Waals surface area contributed by atoms with E-state index in [0.29, 0.717) is 6.54 Å². The van der Waals surface area contributed by atoms with Crippen LogP contribution in [0.1, 0.15) is 15.2 Å². The molecule has 0 unspecified atom stereocenters. The summed E-state index contributed by atoms with van der Waals surface area (Å²) in [7, 11) is 1.35. The van der Waals surface area contributed by atoms with Crippen LogP contribution in [-0.4, -0.2) is 24.5 Å². The van der Waals surface area contributed by atoms with Crippen molar-refractivity contribution in [2.75, 3.05) is 13.7 Å². The third-order valence-corrected chi connectivity index (χ3v) is 3.81. The van der Waals surface area contributed by atoms with Gasteiger partial charge in [0.1, 0.15) is 0 Å². The Morgan fingerprint density at radius 2 is 2.24 bits per heavy atom. The Morgan fingerprint density at radius 1 is 1.43 bits per heavy atom. The Morgan fingerprint density at radius 3 is 2.86 bits per heavy atom. The number of carbonyl (C=O) groups is 1. The predicted octanol–water partition coefficient (Wildman–Crippen LogP) is 2.64. The van der Waals surface area contributed by atoms with E-state index in [4.69, 9.17) is 4.74 Å². The lowest BCUT2D eigenvalue weighted by molar-refractivity contribution is -0.385. The molecule has 0 aliphatic rings. The molecule has 1 aromatic carbocycles. The standard InChI is InChI=1S/C14H14N2O4S/c1-20-13-5-4-10(9-12(13)16(18)19)14(17)15-7-6-11-3-2-8-21-11/h2-5,8-9H,6-7H2,1H3,(H,15,17). The average Bonchev–Trinajstić information content (AvgIpc) is 2.99. The first-order valence-electron chi connectivity index (χ1n) is 6.25. The van der Waals surface area contributed by atoms with Crippen LogP contribution in [0.25, 0.3) is 0 Å². The van der Waals surface area contributed by atoms with Crippen LogP contribution in [-0.2, 0) is 6.42 Å². The fourth-order valence-electron chi connectivity index (χ4n) is 1.83. The summed E-state index contributed by atoms with van der Waals surface area (Å²) < 4.78 is 4.90. The maximum Gasteiger partial charge on any atom is 0.311 e. The topological polar surface area (TPSA) is 81.5 Å². The molecular weight excluding hydrogens is 292 g/mol. The van der Waals surface area contributed by atoms with Gasteiger partial charge in [0, 0.05) is 23.1 Å². The molecule has 0 spiro atoms. The van der Waals surface area contributed by atoms with E-state index in [2.05, 4.69) is 5.32 Å². The molecule has 0 saturated heterocycles. The number of rotatable bonds is 6. The van der Waals surface area contributed by atoms with Crippen LogP contribution in [0.4, 0.5) is 5.69 Å². The van der Waals surface area contributed by atoms with Crippen LogP contribution in [0.15, 0.2) is 35.7 Å². The summed E-state index contributed by atoms with van der Waals surface area (Å²) in [4.78, 5) is 23.5. The van der Waals surface area contributed by atoms with E-state index in [1.165, 1.54) is 30.2 Å². The first-order valence-corrected chi connectivity index (χ1v) is 7.13. The lowest BCUT2D eigenvalue weighted by Gasteiger charge is -2.06. The molecule has 0 aliphatic heterocycles. The van der Waals surface area contributed by atoms with Gasteiger partial charge in [0.25, 0.3) is 5.91 Å². The molecule has 1 amide bonds. The van der Waals surface area contributed by atoms with E-state index >= 15 is 0 Å². The normalized spacial score (nSPS) is 10.1. The molecule has 0 radical (unpaired) electrons. The second-order valence-corrected chi connectivity index (χ2v) is 5.26. The molecule has 6 nitrogen and oxygen atoms in total. The van der Waals surface area contributed by atoms with Crippen molar-refractivity contribution in [2.45, 2.75) is 6.42 Å². The van der Waals surface area contributed by atoms with Crippen LogP contribution < -0.4 is 10.1 Å². The summed E-state index contributed by atoms with van der Waals surface area (Å²) in [5.41, 5.74) is 0.0251. The maximum atomic E-state index is 12.0. The summed E-state index contributed by atoms with van der Waals surface area (Å²) in [5.74, 6) is -0.201. The van der Waals surface area contributed by atoms with Crippen LogP contribution >= 0.6 is 11.3 Å². The quantitative estimate of drug-likeness (QED) is 0.657. The zero-order valence-electron chi connectivity index (χ0n) is 11.4. The highest BCUT2D eigenvalue weighted by Crippen LogP contribution is 2.27. The summed E-state index contributed by atoms with van der Waals surface area (Å²) in [6.45, 7) is 0.485. The molecule has 0 aliphatic carbocycles. The predicted molar refractivity (Wildman–Crippen MR) is 80.0 cm³/mol. The van der Waals surface area contributed by atoms with Gasteiger partial charge in [-0.05, 0) is 30.0 Å². The SMILES string of the molecule is COc1ccc(C(=O)NCCc2cccs2)cc1[N+](=O)[O-]. The Kier molecular flexibility index (Phi) is 4.89. The highest BCUT2D eigenvalue weighted by atomic mass is 32.1. The molecule has 0 bridgehead atoms. The third kappa shape index (κ3) is 3.79. The minimum absolute atomic E-state index is 0.134. The van der Waals surface area contributed by atoms with Crippen molar-refractivity contribution in [1.29, 1.82) is 0 Å². The number of methoxy groups -OCH3 is 1. The van der Waals surface area contributed by atoms with Gasteiger partial charge in [0.05, 0.1) is 12.0 Å². The Hall–Kier alpha value is -2.41. The molecule has 2 rings (SSSR count). The zero-order valence-corrected chi connectivity index (χ0v) is 12.2. The first-order chi connectivity index (χ1) is 10.1. The average molecular weight is 306 g/mol. The Bertz CT molecular complexity index is 640. The van der Waals surface area contributed by atoms with Crippen LogP contribution in [0.3, 0.4) is 0 Å². The summed E-state index contributed by atoms with van der Waals surface area (Å²) in [6.07, 6.45) is 0.738. The van der Waals surface area contributed by atoms with E-state index < -0.39 is 4.92 Å². The van der Waals surface area contributed by atoms with E-state index in [1.54, 1.807) is 11.3 Å². The summed E-state index contributed by atoms with van der Waals surface area (Å²) in [6, 6.07) is 8.10. The van der Waals surface area contributed by atoms with Gasteiger partial charge >= 0.3 is 5.69 Å². The van der Waals surface area contributed by atoms with Gasteiger partial charge in [-0.25, -0.2) is 0 Å². The Balaban J connectivity index is 2.01. The molecular formula is C14H14N2O4S. The van der Waals surface area contributed by atoms with Gasteiger partial charge in [-0.1, -0.05) is 6.07 Å². The van der Waals surface area contributed by atoms with Gasteiger partial charge in [-0.2, -0.15) is 0 Å². The molecule has 2 aromatic rings. The molecule has 7 heteroatoms. The molecule has 110 valence electrons. The molecule has 1 heterocycles. The maximum absolute atomic E-state index is 12.0. The minimum atomic E-state index is -0.568. The largest absolute Gasteiger partial charge is 0.490 e. The lowest BCUT2D eigenvalue weighted by Crippen LogP contribution is -2.25. The highest BCUT2D eigenvalue weighted by Gasteiger charge is 2.17. The van der Waals surface area contributed by atoms with Crippen molar-refractivity contribution in [3.63, 3.8) is 0 Å². The second-order valence-electron chi connectivity index (χ2n) is 4.23. The van der Waals surface area contributed by atoms with Gasteiger partial charge in [-0.15, -0.1) is 11.3 Å². The monoisotopic (exact) mass is 306 g/mol. The number of nitrogens with zero attached hydrogens (tertiary/aromatic N) is 1. The molecule has 1 aromatic heterocycles. The van der Waals surface area contributed by atoms with Crippen LogP contribution in [0.2, 0.25) is 0 Å².